The first-order valence-electron chi connectivity index (χ1n) is 9.74. The Bertz CT molecular complexity index is 1160. The largest absolute Gasteiger partial charge is 0.348 e. The molecule has 0 aromatic heterocycles. The second-order valence-corrected chi connectivity index (χ2v) is 9.49. The van der Waals surface area contributed by atoms with Crippen molar-refractivity contribution >= 4 is 39.1 Å². The van der Waals surface area contributed by atoms with E-state index in [-0.39, 0.29) is 27.8 Å². The zero-order valence-electron chi connectivity index (χ0n) is 16.4. The molecule has 1 fully saturated rings. The highest BCUT2D eigenvalue weighted by Crippen LogP contribution is 2.37. The Morgan fingerprint density at radius 3 is 2.80 bits per heavy atom. The predicted octanol–water partition coefficient (Wildman–Crippen LogP) is 4.20. The maximum atomic E-state index is 13.7. The van der Waals surface area contributed by atoms with Crippen molar-refractivity contribution < 1.29 is 17.6 Å². The van der Waals surface area contributed by atoms with E-state index in [9.17, 15) is 17.6 Å². The number of amides is 1. The Morgan fingerprint density at radius 1 is 1.23 bits per heavy atom. The molecular formula is C21H21ClFN3O3S. The highest BCUT2D eigenvalue weighted by molar-refractivity contribution is 7.90. The monoisotopic (exact) mass is 449 g/mol. The summed E-state index contributed by atoms with van der Waals surface area (Å²) in [4.78, 5) is 14.5. The second-order valence-electron chi connectivity index (χ2n) is 7.51. The number of rotatable bonds is 3. The van der Waals surface area contributed by atoms with Crippen LogP contribution < -0.4 is 10.2 Å². The summed E-state index contributed by atoms with van der Waals surface area (Å²) >= 11 is 6.37. The van der Waals surface area contributed by atoms with Gasteiger partial charge in [-0.25, -0.2) is 4.39 Å². The summed E-state index contributed by atoms with van der Waals surface area (Å²) in [5, 5.41) is 2.82. The van der Waals surface area contributed by atoms with Gasteiger partial charge in [0.2, 0.25) is 0 Å². The van der Waals surface area contributed by atoms with Crippen LogP contribution >= 0.6 is 11.6 Å². The lowest BCUT2D eigenvalue weighted by molar-refractivity contribution is 0.0951. The van der Waals surface area contributed by atoms with Gasteiger partial charge in [0.25, 0.3) is 15.9 Å². The Hall–Kier alpha value is -2.45. The van der Waals surface area contributed by atoms with Crippen molar-refractivity contribution in [1.82, 2.24) is 5.32 Å². The fourth-order valence-electron chi connectivity index (χ4n) is 3.69. The summed E-state index contributed by atoms with van der Waals surface area (Å²) < 4.78 is 43.2. The van der Waals surface area contributed by atoms with Crippen LogP contribution in [0.15, 0.2) is 39.6 Å². The average Bonchev–Trinajstić information content (AvgIpc) is 2.93. The third kappa shape index (κ3) is 3.94. The number of hydrogen-bond donors (Lipinski definition) is 1. The number of sulfonamides is 1. The Labute approximate surface area is 179 Å². The van der Waals surface area contributed by atoms with Gasteiger partial charge in [-0.15, -0.1) is 4.40 Å². The predicted molar refractivity (Wildman–Crippen MR) is 114 cm³/mol. The van der Waals surface area contributed by atoms with Crippen molar-refractivity contribution in [3.8, 4) is 0 Å². The van der Waals surface area contributed by atoms with Gasteiger partial charge in [-0.3, -0.25) is 4.79 Å². The van der Waals surface area contributed by atoms with Crippen LogP contribution in [0.25, 0.3) is 0 Å². The van der Waals surface area contributed by atoms with E-state index in [0.717, 1.165) is 19.3 Å². The van der Waals surface area contributed by atoms with Gasteiger partial charge in [0.15, 0.2) is 0 Å². The fourth-order valence-corrected chi connectivity index (χ4v) is 5.20. The molecule has 9 heteroatoms. The maximum Gasteiger partial charge on any atom is 0.286 e. The van der Waals surface area contributed by atoms with E-state index < -0.39 is 15.9 Å². The SMILES string of the molecule is Cc1ccc(CNC(=O)c2cc3c(cc2Cl)N2CCCCCC2=NS3(=O)=O)cc1F. The van der Waals surface area contributed by atoms with Crippen LogP contribution in [0.4, 0.5) is 10.1 Å². The summed E-state index contributed by atoms with van der Waals surface area (Å²) in [5.74, 6) is -0.370. The standard InChI is InChI=1S/C21H21ClFN3O3S/c1-13-6-7-14(9-17(13)23)12-24-21(27)15-10-19-18(11-16(15)22)26-8-4-2-3-5-20(26)25-30(19,28)29/h6-7,9-11H,2-5,8,12H2,1H3,(H,24,27). The first-order chi connectivity index (χ1) is 14.3. The van der Waals surface area contributed by atoms with Gasteiger partial charge >= 0.3 is 0 Å². The van der Waals surface area contributed by atoms with Crippen LogP contribution in [0.2, 0.25) is 5.02 Å². The number of halogens is 2. The molecule has 0 aliphatic carbocycles. The lowest BCUT2D eigenvalue weighted by Gasteiger charge is -2.30. The molecule has 0 radical (unpaired) electrons. The molecule has 4 rings (SSSR count). The molecule has 2 aliphatic heterocycles. The molecule has 2 aromatic carbocycles. The molecule has 6 nitrogen and oxygen atoms in total. The average molecular weight is 450 g/mol. The van der Waals surface area contributed by atoms with Crippen LogP contribution in [-0.4, -0.2) is 26.7 Å². The van der Waals surface area contributed by atoms with Crippen LogP contribution in [0.3, 0.4) is 0 Å². The van der Waals surface area contributed by atoms with Crippen LogP contribution in [-0.2, 0) is 16.6 Å². The molecule has 2 aliphatic rings. The summed E-state index contributed by atoms with van der Waals surface area (Å²) in [6, 6.07) is 7.50. The molecule has 1 saturated heterocycles. The Morgan fingerprint density at radius 2 is 2.03 bits per heavy atom. The number of carbonyl (C=O) groups is 1. The molecule has 158 valence electrons. The molecule has 0 spiro atoms. The van der Waals surface area contributed by atoms with E-state index in [1.54, 1.807) is 19.1 Å². The minimum absolute atomic E-state index is 0.0240. The van der Waals surface area contributed by atoms with Crippen molar-refractivity contribution in [3.05, 3.63) is 57.9 Å². The molecule has 2 heterocycles. The summed E-state index contributed by atoms with van der Waals surface area (Å²) in [6.45, 7) is 2.40. The van der Waals surface area contributed by atoms with Crippen molar-refractivity contribution in [1.29, 1.82) is 0 Å². The number of fused-ring (bicyclic) bond motifs is 3. The lowest BCUT2D eigenvalue weighted by atomic mass is 10.1. The molecule has 0 saturated carbocycles. The normalized spacial score (nSPS) is 17.4. The number of hydrogen-bond acceptors (Lipinski definition) is 4. The van der Waals surface area contributed by atoms with Gasteiger partial charge in [0, 0.05) is 19.5 Å². The number of anilines is 1. The topological polar surface area (TPSA) is 78.8 Å². The summed E-state index contributed by atoms with van der Waals surface area (Å²) in [5.41, 5.74) is 1.61. The van der Waals surface area contributed by atoms with Crippen molar-refractivity contribution in [3.63, 3.8) is 0 Å². The van der Waals surface area contributed by atoms with Crippen LogP contribution in [0.1, 0.15) is 47.2 Å². The first kappa shape index (κ1) is 20.8. The molecule has 2 aromatic rings. The zero-order chi connectivity index (χ0) is 21.5. The number of carbonyl (C=O) groups excluding carboxylic acids is 1. The van der Waals surface area contributed by atoms with E-state index >= 15 is 0 Å². The minimum atomic E-state index is -3.92. The van der Waals surface area contributed by atoms with Gasteiger partial charge in [-0.05, 0) is 49.1 Å². The number of nitrogens with zero attached hydrogens (tertiary/aromatic N) is 2. The van der Waals surface area contributed by atoms with E-state index in [0.29, 0.717) is 35.6 Å². The Balaban J connectivity index is 1.63. The number of aryl methyl sites for hydroxylation is 1. The van der Waals surface area contributed by atoms with E-state index in [1.807, 2.05) is 4.90 Å². The molecule has 0 unspecified atom stereocenters. The third-order valence-electron chi connectivity index (χ3n) is 5.37. The zero-order valence-corrected chi connectivity index (χ0v) is 18.0. The Kier molecular flexibility index (Phi) is 5.55. The molecule has 1 amide bonds. The van der Waals surface area contributed by atoms with Crippen molar-refractivity contribution in [2.75, 3.05) is 11.4 Å². The highest BCUT2D eigenvalue weighted by Gasteiger charge is 2.33. The van der Waals surface area contributed by atoms with Gasteiger partial charge in [-0.2, -0.15) is 8.42 Å². The molecule has 0 bridgehead atoms. The van der Waals surface area contributed by atoms with Gasteiger partial charge in [0.1, 0.15) is 16.5 Å². The minimum Gasteiger partial charge on any atom is -0.348 e. The van der Waals surface area contributed by atoms with Crippen molar-refractivity contribution in [2.24, 2.45) is 4.40 Å². The number of nitrogens with one attached hydrogen (secondary N) is 1. The molecule has 0 atom stereocenters. The lowest BCUT2D eigenvalue weighted by Crippen LogP contribution is -2.35. The number of benzene rings is 2. The maximum absolute atomic E-state index is 13.7. The first-order valence-corrected chi connectivity index (χ1v) is 11.6. The molecule has 1 N–H and O–H groups in total. The van der Waals surface area contributed by atoms with Crippen molar-refractivity contribution in [2.45, 2.75) is 44.0 Å². The molecule has 30 heavy (non-hydrogen) atoms. The van der Waals surface area contributed by atoms with Gasteiger partial charge in [0.05, 0.1) is 16.3 Å². The highest BCUT2D eigenvalue weighted by atomic mass is 35.5. The number of amidine groups is 1. The molecular weight excluding hydrogens is 429 g/mol. The quantitative estimate of drug-likeness (QED) is 0.761. The summed E-state index contributed by atoms with van der Waals surface area (Å²) in [6.07, 6.45) is 3.39. The third-order valence-corrected chi connectivity index (χ3v) is 7.02. The van der Waals surface area contributed by atoms with E-state index in [2.05, 4.69) is 9.71 Å². The second kappa shape index (κ2) is 8.00. The van der Waals surface area contributed by atoms with E-state index in [1.165, 1.54) is 18.2 Å². The van der Waals surface area contributed by atoms with Gasteiger partial charge < -0.3 is 10.2 Å². The summed E-state index contributed by atoms with van der Waals surface area (Å²) in [7, 11) is -3.92. The fraction of sp³-hybridized carbons (Fsp3) is 0.333. The van der Waals surface area contributed by atoms with E-state index in [4.69, 9.17) is 11.6 Å². The van der Waals surface area contributed by atoms with Crippen LogP contribution in [0, 0.1) is 12.7 Å². The smallest absolute Gasteiger partial charge is 0.286 e. The van der Waals surface area contributed by atoms with Gasteiger partial charge in [-0.1, -0.05) is 30.2 Å². The van der Waals surface area contributed by atoms with Crippen LogP contribution in [0.5, 0.6) is 0 Å².